The summed E-state index contributed by atoms with van der Waals surface area (Å²) in [6.07, 6.45) is 1.49. The van der Waals surface area contributed by atoms with Crippen LogP contribution in [0.4, 0.5) is 0 Å². The van der Waals surface area contributed by atoms with E-state index in [9.17, 15) is 4.79 Å². The van der Waals surface area contributed by atoms with Gasteiger partial charge < -0.3 is 10.1 Å². The van der Waals surface area contributed by atoms with Crippen molar-refractivity contribution in [1.82, 2.24) is 20.1 Å². The zero-order valence-corrected chi connectivity index (χ0v) is 16.8. The summed E-state index contributed by atoms with van der Waals surface area (Å²) in [4.78, 5) is 18.1. The van der Waals surface area contributed by atoms with Crippen LogP contribution in [0.15, 0.2) is 48.0 Å². The third kappa shape index (κ3) is 3.34. The van der Waals surface area contributed by atoms with E-state index >= 15 is 0 Å². The van der Waals surface area contributed by atoms with E-state index in [0.29, 0.717) is 33.9 Å². The molecule has 0 fully saturated rings. The lowest BCUT2D eigenvalue weighted by Gasteiger charge is -2.08. The number of aromatic nitrogens is 3. The van der Waals surface area contributed by atoms with Gasteiger partial charge in [-0.15, -0.1) is 11.3 Å². The molecule has 1 amide bonds. The van der Waals surface area contributed by atoms with E-state index in [1.54, 1.807) is 23.1 Å². The fraction of sp³-hybridized carbons (Fsp3) is 0.150. The molecule has 1 N–H and O–H groups in total. The summed E-state index contributed by atoms with van der Waals surface area (Å²) < 4.78 is 6.99. The molecule has 0 aliphatic heterocycles. The van der Waals surface area contributed by atoms with Crippen molar-refractivity contribution in [3.8, 4) is 11.4 Å². The molecule has 0 aliphatic rings. The van der Waals surface area contributed by atoms with Crippen molar-refractivity contribution in [3.05, 3.63) is 69.1 Å². The Hall–Kier alpha value is -2.90. The molecule has 4 rings (SSSR count). The number of benzene rings is 1. The molecule has 28 heavy (non-hydrogen) atoms. The standard InChI is InChI=1S/C20H17ClN4O2S/c1-12-17-18(21)16(20(26)23-10-15-7-4-8-28-15)11-22-19(17)25(24-12)13-5-3-6-14(9-13)27-2/h3-9,11H,10H2,1-2H3,(H,23,26). The number of nitrogens with zero attached hydrogens (tertiary/aromatic N) is 3. The summed E-state index contributed by atoms with van der Waals surface area (Å²) in [5, 5.41) is 10.4. The van der Waals surface area contributed by atoms with Crippen molar-refractivity contribution < 1.29 is 9.53 Å². The highest BCUT2D eigenvalue weighted by Gasteiger charge is 2.20. The minimum absolute atomic E-state index is 0.263. The predicted octanol–water partition coefficient (Wildman–Crippen LogP) is 4.38. The van der Waals surface area contributed by atoms with E-state index in [-0.39, 0.29) is 5.91 Å². The third-order valence-corrected chi connectivity index (χ3v) is 5.62. The molecule has 1 aromatic carbocycles. The van der Waals surface area contributed by atoms with Crippen LogP contribution in [0, 0.1) is 6.92 Å². The zero-order chi connectivity index (χ0) is 19.7. The van der Waals surface area contributed by atoms with Gasteiger partial charge in [-0.3, -0.25) is 4.79 Å². The third-order valence-electron chi connectivity index (χ3n) is 4.35. The molecule has 0 bridgehead atoms. The Balaban J connectivity index is 1.71. The van der Waals surface area contributed by atoms with Crippen molar-refractivity contribution in [1.29, 1.82) is 0 Å². The van der Waals surface area contributed by atoms with Crippen LogP contribution in [-0.2, 0) is 6.54 Å². The summed E-state index contributed by atoms with van der Waals surface area (Å²) in [5.74, 6) is 0.454. The number of nitrogens with one attached hydrogen (secondary N) is 1. The van der Waals surface area contributed by atoms with Gasteiger partial charge in [-0.25, -0.2) is 9.67 Å². The molecule has 4 aromatic rings. The molecule has 0 atom stereocenters. The average molecular weight is 413 g/mol. The van der Waals surface area contributed by atoms with Crippen LogP contribution < -0.4 is 10.1 Å². The van der Waals surface area contributed by atoms with Crippen LogP contribution in [0.25, 0.3) is 16.7 Å². The Kier molecular flexibility index (Phi) is 5.02. The summed E-state index contributed by atoms with van der Waals surface area (Å²) in [5.41, 5.74) is 2.42. The number of carbonyl (C=O) groups is 1. The van der Waals surface area contributed by atoms with Gasteiger partial charge in [0.05, 0.1) is 41.0 Å². The number of carbonyl (C=O) groups excluding carboxylic acids is 1. The number of thiophene rings is 1. The number of halogens is 1. The SMILES string of the molecule is COc1cccc(-n2nc(C)c3c(Cl)c(C(=O)NCc4cccs4)cnc32)c1. The highest BCUT2D eigenvalue weighted by Crippen LogP contribution is 2.30. The molecule has 6 nitrogen and oxygen atoms in total. The van der Waals surface area contributed by atoms with E-state index in [0.717, 1.165) is 16.3 Å². The van der Waals surface area contributed by atoms with Crippen molar-refractivity contribution in [3.63, 3.8) is 0 Å². The van der Waals surface area contributed by atoms with Crippen LogP contribution in [0.1, 0.15) is 20.9 Å². The second kappa shape index (κ2) is 7.61. The number of hydrogen-bond acceptors (Lipinski definition) is 5. The highest BCUT2D eigenvalue weighted by atomic mass is 35.5. The molecular formula is C20H17ClN4O2S. The number of rotatable bonds is 5. The number of hydrogen-bond donors (Lipinski definition) is 1. The number of methoxy groups -OCH3 is 1. The number of aryl methyl sites for hydroxylation is 1. The second-order valence-electron chi connectivity index (χ2n) is 6.15. The van der Waals surface area contributed by atoms with Crippen molar-refractivity contribution in [2.24, 2.45) is 0 Å². The van der Waals surface area contributed by atoms with Gasteiger partial charge in [0.25, 0.3) is 5.91 Å². The van der Waals surface area contributed by atoms with Gasteiger partial charge in [-0.05, 0) is 30.5 Å². The monoisotopic (exact) mass is 412 g/mol. The molecule has 142 valence electrons. The first-order valence-electron chi connectivity index (χ1n) is 8.57. The lowest BCUT2D eigenvalue weighted by atomic mass is 10.2. The van der Waals surface area contributed by atoms with Crippen LogP contribution in [-0.4, -0.2) is 27.8 Å². The summed E-state index contributed by atoms with van der Waals surface area (Å²) >= 11 is 8.17. The molecule has 0 radical (unpaired) electrons. The summed E-state index contributed by atoms with van der Waals surface area (Å²) in [6.45, 7) is 2.30. The van der Waals surface area contributed by atoms with Gasteiger partial charge in [0, 0.05) is 17.1 Å². The molecule has 8 heteroatoms. The number of amides is 1. The largest absolute Gasteiger partial charge is 0.497 e. The molecule has 0 spiro atoms. The normalized spacial score (nSPS) is 11.0. The molecule has 0 saturated heterocycles. The van der Waals surface area contributed by atoms with Gasteiger partial charge in [-0.1, -0.05) is 23.7 Å². The van der Waals surface area contributed by atoms with E-state index in [4.69, 9.17) is 16.3 Å². The molecule has 3 aromatic heterocycles. The van der Waals surface area contributed by atoms with Gasteiger partial charge in [0.2, 0.25) is 0 Å². The van der Waals surface area contributed by atoms with E-state index in [1.807, 2.05) is 48.7 Å². The van der Waals surface area contributed by atoms with E-state index in [2.05, 4.69) is 15.4 Å². The first kappa shape index (κ1) is 18.5. The Bertz CT molecular complexity index is 1150. The molecule has 0 saturated carbocycles. The molecular weight excluding hydrogens is 396 g/mol. The van der Waals surface area contributed by atoms with Crippen LogP contribution in [0.2, 0.25) is 5.02 Å². The van der Waals surface area contributed by atoms with Crippen molar-refractivity contribution >= 4 is 39.9 Å². The second-order valence-corrected chi connectivity index (χ2v) is 7.56. The summed E-state index contributed by atoms with van der Waals surface area (Å²) in [7, 11) is 1.61. The zero-order valence-electron chi connectivity index (χ0n) is 15.3. The van der Waals surface area contributed by atoms with Crippen LogP contribution in [0.5, 0.6) is 5.75 Å². The lowest BCUT2D eigenvalue weighted by molar-refractivity contribution is 0.0951. The maximum absolute atomic E-state index is 12.6. The first-order chi connectivity index (χ1) is 13.6. The van der Waals surface area contributed by atoms with Crippen molar-refractivity contribution in [2.75, 3.05) is 7.11 Å². The van der Waals surface area contributed by atoms with Gasteiger partial charge in [0.15, 0.2) is 5.65 Å². The highest BCUT2D eigenvalue weighted by molar-refractivity contribution is 7.09. The van der Waals surface area contributed by atoms with Crippen molar-refractivity contribution in [2.45, 2.75) is 13.5 Å². The molecule has 0 unspecified atom stereocenters. The van der Waals surface area contributed by atoms with E-state index in [1.165, 1.54) is 6.20 Å². The number of fused-ring (bicyclic) bond motifs is 1. The maximum atomic E-state index is 12.6. The molecule has 3 heterocycles. The predicted molar refractivity (Wildman–Crippen MR) is 111 cm³/mol. The first-order valence-corrected chi connectivity index (χ1v) is 9.83. The van der Waals surface area contributed by atoms with E-state index < -0.39 is 0 Å². The Morgan fingerprint density at radius 1 is 1.32 bits per heavy atom. The Morgan fingerprint density at radius 2 is 2.18 bits per heavy atom. The Labute approximate surface area is 170 Å². The molecule has 0 aliphatic carbocycles. The maximum Gasteiger partial charge on any atom is 0.254 e. The van der Waals surface area contributed by atoms with Gasteiger partial charge in [-0.2, -0.15) is 5.10 Å². The Morgan fingerprint density at radius 3 is 2.93 bits per heavy atom. The lowest BCUT2D eigenvalue weighted by Crippen LogP contribution is -2.23. The van der Waals surface area contributed by atoms with Gasteiger partial charge >= 0.3 is 0 Å². The van der Waals surface area contributed by atoms with Gasteiger partial charge in [0.1, 0.15) is 5.75 Å². The fourth-order valence-corrected chi connectivity index (χ4v) is 3.97. The minimum Gasteiger partial charge on any atom is -0.497 e. The fourth-order valence-electron chi connectivity index (χ4n) is 2.96. The number of pyridine rings is 1. The average Bonchev–Trinajstić information content (AvgIpc) is 3.34. The summed E-state index contributed by atoms with van der Waals surface area (Å²) in [6, 6.07) is 11.4. The van der Waals surface area contributed by atoms with Crippen LogP contribution in [0.3, 0.4) is 0 Å². The number of ether oxygens (including phenoxy) is 1. The quantitative estimate of drug-likeness (QED) is 0.528. The van der Waals surface area contributed by atoms with Crippen LogP contribution >= 0.6 is 22.9 Å². The minimum atomic E-state index is -0.263. The topological polar surface area (TPSA) is 69.0 Å². The smallest absolute Gasteiger partial charge is 0.254 e.